The Labute approximate surface area is 157 Å². The summed E-state index contributed by atoms with van der Waals surface area (Å²) < 4.78 is 5.16. The van der Waals surface area contributed by atoms with Crippen LogP contribution in [0.15, 0.2) is 42.5 Å². The number of nitrogens with one attached hydrogen (secondary N) is 2. The van der Waals surface area contributed by atoms with Gasteiger partial charge in [0.05, 0.1) is 17.9 Å². The number of aromatic hydroxyl groups is 1. The number of rotatable bonds is 6. The van der Waals surface area contributed by atoms with Crippen molar-refractivity contribution in [3.05, 3.63) is 53.6 Å². The first-order chi connectivity index (χ1) is 12.9. The van der Waals surface area contributed by atoms with Gasteiger partial charge in [0.2, 0.25) is 0 Å². The molecule has 0 aliphatic rings. The Hall–Kier alpha value is -3.35. The van der Waals surface area contributed by atoms with Gasteiger partial charge in [0.1, 0.15) is 5.75 Å². The highest BCUT2D eigenvalue weighted by Gasteiger charge is 2.19. The van der Waals surface area contributed by atoms with Gasteiger partial charge in [0.15, 0.2) is 0 Å². The number of carbonyl (C=O) groups excluding carboxylic acids is 3. The van der Waals surface area contributed by atoms with E-state index in [1.165, 1.54) is 30.3 Å². The second kappa shape index (κ2) is 9.38. The molecule has 142 valence electrons. The molecule has 0 aromatic heterocycles. The first-order valence-corrected chi connectivity index (χ1v) is 8.60. The van der Waals surface area contributed by atoms with E-state index in [4.69, 9.17) is 4.74 Å². The van der Waals surface area contributed by atoms with Crippen molar-refractivity contribution in [2.75, 3.05) is 17.2 Å². The first kappa shape index (κ1) is 20.0. The third-order valence-electron chi connectivity index (χ3n) is 3.79. The monoisotopic (exact) mass is 370 g/mol. The number of phenols is 1. The second-order valence-corrected chi connectivity index (χ2v) is 5.94. The van der Waals surface area contributed by atoms with E-state index in [0.717, 1.165) is 12.8 Å². The molecule has 0 saturated carbocycles. The second-order valence-electron chi connectivity index (χ2n) is 5.94. The lowest BCUT2D eigenvalue weighted by atomic mass is 10.1. The van der Waals surface area contributed by atoms with Crippen LogP contribution in [0.1, 0.15) is 35.7 Å². The molecule has 2 aromatic rings. The maximum Gasteiger partial charge on any atom is 0.340 e. The van der Waals surface area contributed by atoms with Crippen molar-refractivity contribution in [2.24, 2.45) is 0 Å². The number of phenolic OH excluding ortho intramolecular Hbond substituents is 1. The summed E-state index contributed by atoms with van der Waals surface area (Å²) in [7, 11) is 0. The van der Waals surface area contributed by atoms with Crippen LogP contribution in [0.3, 0.4) is 0 Å². The van der Waals surface area contributed by atoms with Crippen LogP contribution in [-0.2, 0) is 14.3 Å². The number of benzene rings is 2. The van der Waals surface area contributed by atoms with E-state index >= 15 is 0 Å². The molecule has 27 heavy (non-hydrogen) atoms. The molecule has 7 nitrogen and oxygen atoms in total. The number of carbonyl (C=O) groups is 3. The summed E-state index contributed by atoms with van der Waals surface area (Å²) in [5, 5.41) is 14.3. The molecule has 2 rings (SSSR count). The van der Waals surface area contributed by atoms with Gasteiger partial charge in [-0.25, -0.2) is 4.79 Å². The fourth-order valence-corrected chi connectivity index (χ4v) is 2.30. The van der Waals surface area contributed by atoms with Gasteiger partial charge in [-0.1, -0.05) is 25.5 Å². The summed E-state index contributed by atoms with van der Waals surface area (Å²) >= 11 is 0. The zero-order valence-corrected chi connectivity index (χ0v) is 15.2. The van der Waals surface area contributed by atoms with E-state index in [9.17, 15) is 19.5 Å². The number of anilines is 2. The Morgan fingerprint density at radius 3 is 2.33 bits per heavy atom. The van der Waals surface area contributed by atoms with Crippen LogP contribution in [0.4, 0.5) is 11.4 Å². The van der Waals surface area contributed by atoms with E-state index in [1.54, 1.807) is 19.1 Å². The van der Waals surface area contributed by atoms with Crippen molar-refractivity contribution in [3.63, 3.8) is 0 Å². The van der Waals surface area contributed by atoms with E-state index < -0.39 is 17.8 Å². The molecular weight excluding hydrogens is 348 g/mol. The normalized spacial score (nSPS) is 10.1. The van der Waals surface area contributed by atoms with Gasteiger partial charge in [-0.15, -0.1) is 0 Å². The molecule has 0 aliphatic heterocycles. The lowest BCUT2D eigenvalue weighted by molar-refractivity contribution is -0.133. The molecular formula is C20H22N2O5. The quantitative estimate of drug-likeness (QED) is 0.313. The molecule has 0 aliphatic carbocycles. The number of ether oxygens (including phenoxy) is 1. The van der Waals surface area contributed by atoms with Gasteiger partial charge >= 0.3 is 17.8 Å². The van der Waals surface area contributed by atoms with Gasteiger partial charge in [-0.2, -0.15) is 0 Å². The third kappa shape index (κ3) is 5.57. The topological polar surface area (TPSA) is 105 Å². The number of esters is 1. The molecule has 0 radical (unpaired) electrons. The highest BCUT2D eigenvalue weighted by molar-refractivity contribution is 6.44. The zero-order valence-electron chi connectivity index (χ0n) is 15.2. The van der Waals surface area contributed by atoms with Crippen molar-refractivity contribution >= 4 is 29.2 Å². The SMILES string of the molecule is CCCCOC(=O)c1ccccc1NC(=O)C(=O)Nc1ccc(O)cc1C. The van der Waals surface area contributed by atoms with Crippen LogP contribution in [0.25, 0.3) is 0 Å². The van der Waals surface area contributed by atoms with Crippen LogP contribution < -0.4 is 10.6 Å². The highest BCUT2D eigenvalue weighted by atomic mass is 16.5. The van der Waals surface area contributed by atoms with Gasteiger partial charge in [0, 0.05) is 5.69 Å². The van der Waals surface area contributed by atoms with Gasteiger partial charge in [-0.05, 0) is 49.2 Å². The fourth-order valence-electron chi connectivity index (χ4n) is 2.30. The molecule has 0 unspecified atom stereocenters. The zero-order chi connectivity index (χ0) is 19.8. The van der Waals surface area contributed by atoms with Crippen molar-refractivity contribution in [1.82, 2.24) is 0 Å². The number of aryl methyl sites for hydroxylation is 1. The minimum absolute atomic E-state index is 0.0606. The predicted octanol–water partition coefficient (Wildman–Crippen LogP) is 3.23. The molecule has 0 heterocycles. The van der Waals surface area contributed by atoms with Gasteiger partial charge in [0.25, 0.3) is 0 Å². The molecule has 0 spiro atoms. The Morgan fingerprint density at radius 2 is 1.67 bits per heavy atom. The summed E-state index contributed by atoms with van der Waals surface area (Å²) in [6.45, 7) is 3.96. The van der Waals surface area contributed by atoms with E-state index in [2.05, 4.69) is 10.6 Å². The summed E-state index contributed by atoms with van der Waals surface area (Å²) in [6.07, 6.45) is 1.64. The van der Waals surface area contributed by atoms with E-state index in [1.807, 2.05) is 6.92 Å². The Morgan fingerprint density at radius 1 is 1.00 bits per heavy atom. The van der Waals surface area contributed by atoms with E-state index in [-0.39, 0.29) is 23.6 Å². The number of hydrogen-bond donors (Lipinski definition) is 3. The Bertz CT molecular complexity index is 848. The summed E-state index contributed by atoms with van der Waals surface area (Å²) in [4.78, 5) is 36.5. The maximum atomic E-state index is 12.2. The smallest absolute Gasteiger partial charge is 0.340 e. The van der Waals surface area contributed by atoms with Crippen LogP contribution in [-0.4, -0.2) is 29.5 Å². The first-order valence-electron chi connectivity index (χ1n) is 8.60. The van der Waals surface area contributed by atoms with Crippen LogP contribution in [0.5, 0.6) is 5.75 Å². The van der Waals surface area contributed by atoms with Crippen molar-refractivity contribution < 1.29 is 24.2 Å². The van der Waals surface area contributed by atoms with Crippen LogP contribution in [0, 0.1) is 6.92 Å². The lowest BCUT2D eigenvalue weighted by Crippen LogP contribution is -2.30. The predicted molar refractivity (Wildman–Crippen MR) is 102 cm³/mol. The largest absolute Gasteiger partial charge is 0.508 e. The number of amides is 2. The molecule has 0 atom stereocenters. The van der Waals surface area contributed by atoms with Crippen LogP contribution in [0.2, 0.25) is 0 Å². The Balaban J connectivity index is 2.06. The van der Waals surface area contributed by atoms with Crippen molar-refractivity contribution in [1.29, 1.82) is 0 Å². The molecule has 0 bridgehead atoms. The minimum atomic E-state index is -0.920. The van der Waals surface area contributed by atoms with Crippen molar-refractivity contribution in [2.45, 2.75) is 26.7 Å². The average molecular weight is 370 g/mol. The Kier molecular flexibility index (Phi) is 6.93. The number of hydrogen-bond acceptors (Lipinski definition) is 5. The summed E-state index contributed by atoms with van der Waals surface area (Å²) in [6, 6.07) is 10.7. The van der Waals surface area contributed by atoms with Crippen molar-refractivity contribution in [3.8, 4) is 5.75 Å². The van der Waals surface area contributed by atoms with E-state index in [0.29, 0.717) is 11.3 Å². The van der Waals surface area contributed by atoms with Crippen LogP contribution >= 0.6 is 0 Å². The maximum absolute atomic E-state index is 12.2. The van der Waals surface area contributed by atoms with Gasteiger partial charge < -0.3 is 20.5 Å². The molecule has 7 heteroatoms. The molecule has 2 amide bonds. The lowest BCUT2D eigenvalue weighted by Gasteiger charge is -2.12. The summed E-state index contributed by atoms with van der Waals surface area (Å²) in [5.41, 5.74) is 1.38. The molecule has 3 N–H and O–H groups in total. The fraction of sp³-hybridized carbons (Fsp3) is 0.250. The number of unbranched alkanes of at least 4 members (excludes halogenated alkanes) is 1. The average Bonchev–Trinajstić information content (AvgIpc) is 2.64. The highest BCUT2D eigenvalue weighted by Crippen LogP contribution is 2.20. The summed E-state index contributed by atoms with van der Waals surface area (Å²) in [5.74, 6) is -2.31. The molecule has 0 fully saturated rings. The van der Waals surface area contributed by atoms with Gasteiger partial charge in [-0.3, -0.25) is 9.59 Å². The minimum Gasteiger partial charge on any atom is -0.508 e. The molecule has 2 aromatic carbocycles. The third-order valence-corrected chi connectivity index (χ3v) is 3.79. The number of para-hydroxylation sites is 1. The standard InChI is InChI=1S/C20H22N2O5/c1-3-4-11-27-20(26)15-7-5-6-8-17(15)22-19(25)18(24)21-16-10-9-14(23)12-13(16)2/h5-10,12,23H,3-4,11H2,1-2H3,(H,21,24)(H,22,25). The molecule has 0 saturated heterocycles.